The van der Waals surface area contributed by atoms with Crippen LogP contribution in [-0.4, -0.2) is 16.7 Å². The third kappa shape index (κ3) is 6.07. The van der Waals surface area contributed by atoms with E-state index in [9.17, 15) is 0 Å². The number of nitrogens with one attached hydrogen (secondary N) is 1. The highest BCUT2D eigenvalue weighted by atomic mass is 32.1. The van der Waals surface area contributed by atoms with Crippen LogP contribution in [-0.2, 0) is 0 Å². The van der Waals surface area contributed by atoms with Crippen LogP contribution in [0.4, 0.5) is 0 Å². The van der Waals surface area contributed by atoms with Gasteiger partial charge in [-0.1, -0.05) is 146 Å². The van der Waals surface area contributed by atoms with Crippen molar-refractivity contribution in [2.75, 3.05) is 0 Å². The van der Waals surface area contributed by atoms with Gasteiger partial charge in [0.2, 0.25) is 0 Å². The van der Waals surface area contributed by atoms with Crippen molar-refractivity contribution in [1.29, 1.82) is 0 Å². The molecule has 8 aromatic carbocycles. The molecule has 2 heterocycles. The van der Waals surface area contributed by atoms with E-state index in [1.807, 2.05) is 6.07 Å². The number of rotatable bonds is 6. The van der Waals surface area contributed by atoms with Crippen LogP contribution in [0, 0.1) is 0 Å². The van der Waals surface area contributed by atoms with Crippen LogP contribution in [0.5, 0.6) is 0 Å². The minimum atomic E-state index is -0.435. The molecule has 1 aliphatic rings. The number of aliphatic imine (C=N–C) groups is 2. The number of benzene rings is 8. The summed E-state index contributed by atoms with van der Waals surface area (Å²) in [7, 11) is 0. The first-order valence-electron chi connectivity index (χ1n) is 17.8. The molecule has 0 fully saturated rings. The number of amidine groups is 2. The van der Waals surface area contributed by atoms with Crippen LogP contribution >= 0.6 is 11.3 Å². The minimum Gasteiger partial charge on any atom is -0.324 e. The van der Waals surface area contributed by atoms with E-state index in [2.05, 4.69) is 181 Å². The van der Waals surface area contributed by atoms with Gasteiger partial charge in [0.1, 0.15) is 16.7 Å². The van der Waals surface area contributed by atoms with Gasteiger partial charge in [-0.3, -0.25) is 0 Å². The highest BCUT2D eigenvalue weighted by Crippen LogP contribution is 2.33. The second kappa shape index (κ2) is 13.1. The van der Waals surface area contributed by atoms with Crippen LogP contribution < -0.4 is 5.32 Å². The molecule has 53 heavy (non-hydrogen) atoms. The Morgan fingerprint density at radius 2 is 0.925 bits per heavy atom. The molecule has 1 unspecified atom stereocenters. The smallest absolute Gasteiger partial charge is 0.169 e. The summed E-state index contributed by atoms with van der Waals surface area (Å²) in [6.45, 7) is 0. The Balaban J connectivity index is 1.04. The van der Waals surface area contributed by atoms with Gasteiger partial charge in [0.05, 0.1) is 10.2 Å². The van der Waals surface area contributed by atoms with Gasteiger partial charge < -0.3 is 5.32 Å². The topological polar surface area (TPSA) is 49.6 Å². The summed E-state index contributed by atoms with van der Waals surface area (Å²) in [5.74, 6) is 1.57. The summed E-state index contributed by atoms with van der Waals surface area (Å²) < 4.78 is 1.19. The number of aromatic nitrogens is 1. The van der Waals surface area contributed by atoms with E-state index in [4.69, 9.17) is 15.0 Å². The molecule has 0 spiro atoms. The summed E-state index contributed by atoms with van der Waals surface area (Å²) >= 11 is 1.71. The van der Waals surface area contributed by atoms with Crippen molar-refractivity contribution in [2.24, 2.45) is 9.98 Å². The Bertz CT molecular complexity index is 2850. The number of para-hydroxylation sites is 1. The summed E-state index contributed by atoms with van der Waals surface area (Å²) in [5, 5.41) is 9.54. The van der Waals surface area contributed by atoms with Crippen molar-refractivity contribution in [3.63, 3.8) is 0 Å². The lowest BCUT2D eigenvalue weighted by Crippen LogP contribution is -2.36. The first kappa shape index (κ1) is 31.1. The molecule has 0 bridgehead atoms. The number of thiazole rings is 1. The molecule has 1 atom stereocenters. The maximum atomic E-state index is 5.27. The summed E-state index contributed by atoms with van der Waals surface area (Å²) in [5.41, 5.74) is 9.74. The third-order valence-electron chi connectivity index (χ3n) is 9.93. The van der Waals surface area contributed by atoms with Crippen LogP contribution in [0.15, 0.2) is 192 Å². The number of fused-ring (bicyclic) bond motifs is 3. The van der Waals surface area contributed by atoms with Gasteiger partial charge in [-0.15, -0.1) is 11.3 Å². The SMILES string of the molecule is c1cc(C2=NC(c3cccc(-c4ccc5ccccc5c4)c3)N=C(c3ccc(-c4nc5ccccc5s4)cc3)N2)cc(-c2ccc3ccccc3c2)c1. The molecule has 10 rings (SSSR count). The second-order valence-corrected chi connectivity index (χ2v) is 14.4. The zero-order valence-electron chi connectivity index (χ0n) is 28.6. The predicted octanol–water partition coefficient (Wildman–Crippen LogP) is 12.1. The van der Waals surface area contributed by atoms with Crippen molar-refractivity contribution in [2.45, 2.75) is 6.17 Å². The molecule has 9 aromatic rings. The molecule has 0 radical (unpaired) electrons. The fourth-order valence-corrected chi connectivity index (χ4v) is 8.09. The van der Waals surface area contributed by atoms with E-state index in [1.165, 1.54) is 37.4 Å². The van der Waals surface area contributed by atoms with E-state index >= 15 is 0 Å². The first-order valence-corrected chi connectivity index (χ1v) is 18.6. The fraction of sp³-hybridized carbons (Fsp3) is 0.0208. The van der Waals surface area contributed by atoms with Gasteiger partial charge in [0.25, 0.3) is 0 Å². The van der Waals surface area contributed by atoms with Gasteiger partial charge in [-0.25, -0.2) is 15.0 Å². The van der Waals surface area contributed by atoms with E-state index in [0.29, 0.717) is 0 Å². The van der Waals surface area contributed by atoms with Gasteiger partial charge in [0, 0.05) is 16.7 Å². The van der Waals surface area contributed by atoms with Gasteiger partial charge in [-0.2, -0.15) is 0 Å². The standard InChI is InChI=1S/C48H32N4S/c1-3-11-35-27-39(25-19-31(35)9-1)37-13-7-15-41(29-37)46-50-45(33-21-23-34(24-22-33)48-49-43-17-5-6-18-44(43)53-48)51-47(52-46)42-16-8-14-38(30-42)40-26-20-32-10-2-4-12-36(32)28-40/h1-30,46H,(H,50,51,52). The van der Waals surface area contributed by atoms with Crippen LogP contribution in [0.25, 0.3) is 64.6 Å². The molecule has 4 nitrogen and oxygen atoms in total. The van der Waals surface area contributed by atoms with Gasteiger partial charge >= 0.3 is 0 Å². The Hall–Kier alpha value is -6.69. The number of hydrogen-bond acceptors (Lipinski definition) is 5. The summed E-state index contributed by atoms with van der Waals surface area (Å²) in [4.78, 5) is 15.4. The lowest BCUT2D eigenvalue weighted by molar-refractivity contribution is 0.756. The Morgan fingerprint density at radius 1 is 0.396 bits per heavy atom. The van der Waals surface area contributed by atoms with E-state index in [1.54, 1.807) is 11.3 Å². The van der Waals surface area contributed by atoms with E-state index in [0.717, 1.165) is 55.6 Å². The van der Waals surface area contributed by atoms with Gasteiger partial charge in [-0.05, 0) is 85.8 Å². The fourth-order valence-electron chi connectivity index (χ4n) is 7.12. The molecular formula is C48H32N4S. The van der Waals surface area contributed by atoms with Crippen LogP contribution in [0.1, 0.15) is 22.9 Å². The normalized spacial score (nSPS) is 14.2. The molecule has 5 heteroatoms. The minimum absolute atomic E-state index is 0.435. The van der Waals surface area contributed by atoms with Crippen molar-refractivity contribution >= 4 is 54.8 Å². The maximum Gasteiger partial charge on any atom is 0.169 e. The zero-order valence-corrected chi connectivity index (χ0v) is 29.5. The third-order valence-corrected chi connectivity index (χ3v) is 11.0. The first-order chi connectivity index (χ1) is 26.2. The highest BCUT2D eigenvalue weighted by molar-refractivity contribution is 7.21. The molecule has 0 aliphatic carbocycles. The largest absolute Gasteiger partial charge is 0.324 e. The average Bonchev–Trinajstić information content (AvgIpc) is 3.68. The zero-order chi connectivity index (χ0) is 35.1. The molecular weight excluding hydrogens is 665 g/mol. The van der Waals surface area contributed by atoms with Crippen molar-refractivity contribution in [3.05, 3.63) is 199 Å². The quantitative estimate of drug-likeness (QED) is 0.188. The molecule has 1 aromatic heterocycles. The Morgan fingerprint density at radius 3 is 1.62 bits per heavy atom. The van der Waals surface area contributed by atoms with Crippen molar-refractivity contribution < 1.29 is 0 Å². The lowest BCUT2D eigenvalue weighted by atomic mass is 9.98. The average molecular weight is 697 g/mol. The van der Waals surface area contributed by atoms with E-state index < -0.39 is 6.17 Å². The molecule has 0 saturated carbocycles. The summed E-state index contributed by atoms with van der Waals surface area (Å²) in [6, 6.07) is 64.3. The second-order valence-electron chi connectivity index (χ2n) is 13.3. The van der Waals surface area contributed by atoms with Crippen molar-refractivity contribution in [3.8, 4) is 32.8 Å². The van der Waals surface area contributed by atoms with Gasteiger partial charge in [0.15, 0.2) is 6.17 Å². The highest BCUT2D eigenvalue weighted by Gasteiger charge is 2.22. The molecule has 1 N–H and O–H groups in total. The summed E-state index contributed by atoms with van der Waals surface area (Å²) in [6.07, 6.45) is -0.435. The lowest BCUT2D eigenvalue weighted by Gasteiger charge is -2.23. The molecule has 1 aliphatic heterocycles. The number of hydrogen-bond donors (Lipinski definition) is 1. The van der Waals surface area contributed by atoms with E-state index in [-0.39, 0.29) is 0 Å². The Labute approximate surface area is 311 Å². The van der Waals surface area contributed by atoms with Crippen molar-refractivity contribution in [1.82, 2.24) is 10.3 Å². The molecule has 250 valence electrons. The van der Waals surface area contributed by atoms with Crippen LogP contribution in [0.3, 0.4) is 0 Å². The Kier molecular flexibility index (Phi) is 7.70. The van der Waals surface area contributed by atoms with Crippen LogP contribution in [0.2, 0.25) is 0 Å². The predicted molar refractivity (Wildman–Crippen MR) is 223 cm³/mol. The monoisotopic (exact) mass is 696 g/mol. The molecule has 0 amide bonds. The maximum absolute atomic E-state index is 5.27. The molecule has 0 saturated heterocycles. The number of nitrogens with zero attached hydrogens (tertiary/aromatic N) is 3.